The van der Waals surface area contributed by atoms with E-state index < -0.39 is 0 Å². The Labute approximate surface area is 119 Å². The Hall–Kier alpha value is -1.62. The van der Waals surface area contributed by atoms with Gasteiger partial charge in [-0.25, -0.2) is 0 Å². The molecule has 0 radical (unpaired) electrons. The highest BCUT2D eigenvalue weighted by atomic mass is 32.1. The minimum absolute atomic E-state index is 0.0629. The number of hydrogen-bond acceptors (Lipinski definition) is 2. The average Bonchev–Trinajstić information content (AvgIpc) is 2.75. The van der Waals surface area contributed by atoms with Crippen LogP contribution >= 0.6 is 12.2 Å². The first-order chi connectivity index (χ1) is 9.10. The van der Waals surface area contributed by atoms with Crippen LogP contribution in [-0.2, 0) is 11.2 Å². The molecule has 0 fully saturated rings. The monoisotopic (exact) mass is 277 g/mol. The van der Waals surface area contributed by atoms with Crippen molar-refractivity contribution in [3.8, 4) is 0 Å². The third-order valence-corrected chi connectivity index (χ3v) is 3.40. The molecule has 102 valence electrons. The van der Waals surface area contributed by atoms with Gasteiger partial charge in [-0.3, -0.25) is 4.79 Å². The molecule has 0 aromatic heterocycles. The summed E-state index contributed by atoms with van der Waals surface area (Å²) < 4.78 is 0. The van der Waals surface area contributed by atoms with E-state index in [1.807, 2.05) is 12.1 Å². The van der Waals surface area contributed by atoms with Crippen LogP contribution in [0, 0.1) is 0 Å². The van der Waals surface area contributed by atoms with Crippen LogP contribution in [-0.4, -0.2) is 17.6 Å². The summed E-state index contributed by atoms with van der Waals surface area (Å²) in [7, 11) is 0. The van der Waals surface area contributed by atoms with Crippen molar-refractivity contribution >= 4 is 28.9 Å². The fourth-order valence-electron chi connectivity index (χ4n) is 2.09. The van der Waals surface area contributed by atoms with Crippen molar-refractivity contribution in [1.29, 1.82) is 0 Å². The number of thiocarbonyl (C=S) groups is 1. The first kappa shape index (κ1) is 13.8. The van der Waals surface area contributed by atoms with Gasteiger partial charge < -0.3 is 16.0 Å². The highest BCUT2D eigenvalue weighted by Gasteiger charge is 2.18. The molecule has 1 aromatic carbocycles. The van der Waals surface area contributed by atoms with Crippen molar-refractivity contribution in [2.75, 3.05) is 11.9 Å². The number of anilines is 1. The molecule has 0 bridgehead atoms. The predicted molar refractivity (Wildman–Crippen MR) is 81.2 cm³/mol. The molecule has 1 atom stereocenters. The number of hydrogen-bond donors (Lipinski definition) is 3. The van der Waals surface area contributed by atoms with Gasteiger partial charge in [0.25, 0.3) is 0 Å². The number of benzene rings is 1. The average molecular weight is 277 g/mol. The van der Waals surface area contributed by atoms with Crippen LogP contribution in [0.15, 0.2) is 18.2 Å². The van der Waals surface area contributed by atoms with Crippen LogP contribution < -0.4 is 16.0 Å². The summed E-state index contributed by atoms with van der Waals surface area (Å²) in [6.07, 6.45) is 1.51. The lowest BCUT2D eigenvalue weighted by atomic mass is 10.0. The molecule has 3 N–H and O–H groups in total. The van der Waals surface area contributed by atoms with Gasteiger partial charge in [0, 0.05) is 12.2 Å². The summed E-state index contributed by atoms with van der Waals surface area (Å²) in [4.78, 5) is 11.3. The van der Waals surface area contributed by atoms with E-state index in [9.17, 15) is 4.79 Å². The maximum absolute atomic E-state index is 11.3. The van der Waals surface area contributed by atoms with Gasteiger partial charge in [0.05, 0.1) is 12.5 Å². The summed E-state index contributed by atoms with van der Waals surface area (Å²) >= 11 is 5.23. The molecule has 19 heavy (non-hydrogen) atoms. The van der Waals surface area contributed by atoms with E-state index in [-0.39, 0.29) is 11.9 Å². The van der Waals surface area contributed by atoms with E-state index in [1.54, 1.807) is 0 Å². The highest BCUT2D eigenvalue weighted by molar-refractivity contribution is 7.80. The van der Waals surface area contributed by atoms with Gasteiger partial charge in [-0.1, -0.05) is 19.1 Å². The van der Waals surface area contributed by atoms with Crippen molar-refractivity contribution in [2.45, 2.75) is 32.7 Å². The SMILES string of the molecule is CCCNC(=S)N[C@@H](C)c1ccc2c(c1)CC(=O)N2. The second-order valence-electron chi connectivity index (χ2n) is 4.76. The van der Waals surface area contributed by atoms with Crippen LogP contribution in [0.25, 0.3) is 0 Å². The first-order valence-electron chi connectivity index (χ1n) is 6.57. The summed E-state index contributed by atoms with van der Waals surface area (Å²) in [6.45, 7) is 5.04. The second-order valence-corrected chi connectivity index (χ2v) is 5.17. The molecule has 4 nitrogen and oxygen atoms in total. The van der Waals surface area contributed by atoms with Crippen LogP contribution in [0.4, 0.5) is 5.69 Å². The lowest BCUT2D eigenvalue weighted by Gasteiger charge is -2.17. The molecule has 1 heterocycles. The summed E-state index contributed by atoms with van der Waals surface area (Å²) in [5.74, 6) is 0.0629. The number of fused-ring (bicyclic) bond motifs is 1. The second kappa shape index (κ2) is 6.02. The smallest absolute Gasteiger partial charge is 0.228 e. The van der Waals surface area contributed by atoms with Gasteiger partial charge in [0.15, 0.2) is 5.11 Å². The van der Waals surface area contributed by atoms with Gasteiger partial charge in [0.1, 0.15) is 0 Å². The van der Waals surface area contributed by atoms with E-state index in [0.29, 0.717) is 11.5 Å². The van der Waals surface area contributed by atoms with Crippen molar-refractivity contribution in [3.05, 3.63) is 29.3 Å². The molecule has 0 spiro atoms. The Balaban J connectivity index is 2.00. The molecule has 1 aliphatic rings. The standard InChI is InChI=1S/C14H19N3OS/c1-3-6-15-14(19)16-9(2)10-4-5-12-11(7-10)8-13(18)17-12/h4-5,7,9H,3,6,8H2,1-2H3,(H,17,18)(H2,15,16,19)/t9-/m0/s1. The zero-order valence-electron chi connectivity index (χ0n) is 11.2. The predicted octanol–water partition coefficient (Wildman–Crippen LogP) is 2.12. The van der Waals surface area contributed by atoms with Crippen molar-refractivity contribution in [3.63, 3.8) is 0 Å². The van der Waals surface area contributed by atoms with Crippen LogP contribution in [0.3, 0.4) is 0 Å². The fourth-order valence-corrected chi connectivity index (χ4v) is 2.37. The van der Waals surface area contributed by atoms with E-state index in [1.165, 1.54) is 0 Å². The number of rotatable bonds is 4. The van der Waals surface area contributed by atoms with E-state index >= 15 is 0 Å². The van der Waals surface area contributed by atoms with Crippen molar-refractivity contribution in [2.24, 2.45) is 0 Å². The molecular weight excluding hydrogens is 258 g/mol. The van der Waals surface area contributed by atoms with Crippen LogP contribution in [0.1, 0.15) is 37.4 Å². The summed E-state index contributed by atoms with van der Waals surface area (Å²) in [5.41, 5.74) is 3.12. The summed E-state index contributed by atoms with van der Waals surface area (Å²) in [5, 5.41) is 9.90. The molecule has 0 aliphatic carbocycles. The van der Waals surface area contributed by atoms with Crippen LogP contribution in [0.2, 0.25) is 0 Å². The quantitative estimate of drug-likeness (QED) is 0.738. The minimum Gasteiger partial charge on any atom is -0.363 e. The number of carbonyl (C=O) groups excluding carboxylic acids is 1. The Kier molecular flexibility index (Phi) is 4.37. The largest absolute Gasteiger partial charge is 0.363 e. The van der Waals surface area contributed by atoms with Crippen molar-refractivity contribution in [1.82, 2.24) is 10.6 Å². The first-order valence-corrected chi connectivity index (χ1v) is 6.98. The molecular formula is C14H19N3OS. The Morgan fingerprint density at radius 3 is 3.05 bits per heavy atom. The molecule has 5 heteroatoms. The van der Waals surface area contributed by atoms with Gasteiger partial charge in [-0.05, 0) is 42.8 Å². The fraction of sp³-hybridized carbons (Fsp3) is 0.429. The zero-order chi connectivity index (χ0) is 13.8. The Morgan fingerprint density at radius 2 is 2.32 bits per heavy atom. The van der Waals surface area contributed by atoms with Gasteiger partial charge in [-0.15, -0.1) is 0 Å². The molecule has 0 saturated heterocycles. The number of nitrogens with one attached hydrogen (secondary N) is 3. The van der Waals surface area contributed by atoms with E-state index in [4.69, 9.17) is 12.2 Å². The molecule has 1 aliphatic heterocycles. The maximum Gasteiger partial charge on any atom is 0.228 e. The minimum atomic E-state index is 0.0629. The van der Waals surface area contributed by atoms with Crippen molar-refractivity contribution < 1.29 is 4.79 Å². The van der Waals surface area contributed by atoms with Gasteiger partial charge in [0.2, 0.25) is 5.91 Å². The zero-order valence-corrected chi connectivity index (χ0v) is 12.1. The summed E-state index contributed by atoms with van der Waals surface area (Å²) in [6, 6.07) is 6.16. The van der Waals surface area contributed by atoms with E-state index in [0.717, 1.165) is 29.8 Å². The molecule has 1 amide bonds. The lowest BCUT2D eigenvalue weighted by Crippen LogP contribution is -2.37. The molecule has 0 unspecified atom stereocenters. The van der Waals surface area contributed by atoms with E-state index in [2.05, 4.69) is 35.9 Å². The molecule has 0 saturated carbocycles. The van der Waals surface area contributed by atoms with Gasteiger partial charge >= 0.3 is 0 Å². The van der Waals surface area contributed by atoms with Crippen LogP contribution in [0.5, 0.6) is 0 Å². The molecule has 1 aromatic rings. The Morgan fingerprint density at radius 1 is 1.53 bits per heavy atom. The maximum atomic E-state index is 11.3. The number of amides is 1. The van der Waals surface area contributed by atoms with Gasteiger partial charge in [-0.2, -0.15) is 0 Å². The third kappa shape index (κ3) is 3.44. The molecule has 2 rings (SSSR count). The lowest BCUT2D eigenvalue weighted by molar-refractivity contribution is -0.115. The topological polar surface area (TPSA) is 53.2 Å². The normalized spacial score (nSPS) is 14.5. The Bertz CT molecular complexity index is 501. The third-order valence-electron chi connectivity index (χ3n) is 3.14. The highest BCUT2D eigenvalue weighted by Crippen LogP contribution is 2.26. The number of carbonyl (C=O) groups is 1.